The van der Waals surface area contributed by atoms with E-state index in [-0.39, 0.29) is 17.9 Å². The summed E-state index contributed by atoms with van der Waals surface area (Å²) in [5, 5.41) is 1.29. The molecule has 2 N–H and O–H groups in total. The van der Waals surface area contributed by atoms with Gasteiger partial charge in [-0.15, -0.1) is 0 Å². The normalized spacial score (nSPS) is 12.8. The van der Waals surface area contributed by atoms with Crippen LogP contribution in [0, 0.1) is 0 Å². The van der Waals surface area contributed by atoms with Crippen LogP contribution in [-0.2, 0) is 16.4 Å². The molecule has 0 unspecified atom stereocenters. The number of sulfone groups is 1. The van der Waals surface area contributed by atoms with E-state index < -0.39 is 14.6 Å². The number of hydrogen-bond donors (Lipinski definition) is 1. The van der Waals surface area contributed by atoms with E-state index in [0.717, 1.165) is 11.6 Å². The Kier molecular flexibility index (Phi) is 3.37. The summed E-state index contributed by atoms with van der Waals surface area (Å²) in [4.78, 5) is 12.4. The number of nitrogens with two attached hydrogens (primary N) is 1. The molecule has 20 heavy (non-hydrogen) atoms. The third kappa shape index (κ3) is 2.43. The molecule has 2 aromatic rings. The molecule has 108 valence electrons. The molecule has 6 heteroatoms. The maximum atomic E-state index is 12.4. The molecule has 5 nitrogen and oxygen atoms in total. The predicted octanol–water partition coefficient (Wildman–Crippen LogP) is 1.41. The second-order valence-corrected chi connectivity index (χ2v) is 8.23. The van der Waals surface area contributed by atoms with Gasteiger partial charge in [-0.1, -0.05) is 18.2 Å². The van der Waals surface area contributed by atoms with Gasteiger partial charge in [0.2, 0.25) is 0 Å². The Labute approximate surface area is 117 Å². The lowest BCUT2D eigenvalue weighted by Crippen LogP contribution is -2.40. The molecule has 0 saturated carbocycles. The highest BCUT2D eigenvalue weighted by Crippen LogP contribution is 2.20. The fraction of sp³-hybridized carbons (Fsp3) is 0.357. The summed E-state index contributed by atoms with van der Waals surface area (Å²) in [5.41, 5.74) is 5.64. The number of benzene rings is 1. The van der Waals surface area contributed by atoms with Crippen molar-refractivity contribution in [2.45, 2.75) is 25.1 Å². The van der Waals surface area contributed by atoms with Gasteiger partial charge >= 0.3 is 0 Å². The van der Waals surface area contributed by atoms with Crippen LogP contribution in [0.1, 0.15) is 13.8 Å². The predicted molar refractivity (Wildman–Crippen MR) is 81.5 cm³/mol. The number of anilines is 1. The molecular weight excluding hydrogens is 276 g/mol. The summed E-state index contributed by atoms with van der Waals surface area (Å²) >= 11 is 0. The molecule has 0 atom stereocenters. The van der Waals surface area contributed by atoms with Gasteiger partial charge < -0.3 is 5.73 Å². The van der Waals surface area contributed by atoms with E-state index in [4.69, 9.17) is 5.73 Å². The van der Waals surface area contributed by atoms with Crippen molar-refractivity contribution in [2.75, 3.05) is 12.0 Å². The Balaban J connectivity index is 2.65. The summed E-state index contributed by atoms with van der Waals surface area (Å²) in [6, 6.07) is 8.80. The minimum atomic E-state index is -3.30. The number of hydrogen-bond acceptors (Lipinski definition) is 4. The van der Waals surface area contributed by atoms with E-state index in [2.05, 4.69) is 0 Å². The molecule has 0 bridgehead atoms. The molecular formula is C14H18N2O3S. The van der Waals surface area contributed by atoms with Crippen molar-refractivity contribution >= 4 is 26.4 Å². The maximum Gasteiger partial charge on any atom is 0.260 e. The lowest BCUT2D eigenvalue weighted by Gasteiger charge is -2.24. The van der Waals surface area contributed by atoms with E-state index in [1.165, 1.54) is 4.57 Å². The first kappa shape index (κ1) is 14.6. The first-order valence-corrected chi connectivity index (χ1v) is 8.10. The van der Waals surface area contributed by atoms with Crippen molar-refractivity contribution < 1.29 is 8.42 Å². The van der Waals surface area contributed by atoms with E-state index in [9.17, 15) is 13.2 Å². The minimum Gasteiger partial charge on any atom is -0.385 e. The van der Waals surface area contributed by atoms with Gasteiger partial charge in [-0.3, -0.25) is 9.36 Å². The second kappa shape index (κ2) is 4.63. The number of nitrogens with zero attached hydrogens (tertiary/aromatic N) is 1. The monoisotopic (exact) mass is 294 g/mol. The lowest BCUT2D eigenvalue weighted by molar-refractivity contribution is 0.500. The SMILES string of the molecule is CC(C)(Cn1c(N)cc2ccccc2c1=O)S(C)(=O)=O. The fourth-order valence-electron chi connectivity index (χ4n) is 1.98. The first-order chi connectivity index (χ1) is 9.13. The summed E-state index contributed by atoms with van der Waals surface area (Å²) in [7, 11) is -3.30. The highest BCUT2D eigenvalue weighted by Gasteiger charge is 2.31. The van der Waals surface area contributed by atoms with Crippen LogP contribution < -0.4 is 11.3 Å². The highest BCUT2D eigenvalue weighted by molar-refractivity contribution is 7.92. The summed E-state index contributed by atoms with van der Waals surface area (Å²) in [6.07, 6.45) is 1.16. The van der Waals surface area contributed by atoms with E-state index in [0.29, 0.717) is 5.39 Å². The quantitative estimate of drug-likeness (QED) is 0.927. The Morgan fingerprint density at radius 3 is 2.45 bits per heavy atom. The Morgan fingerprint density at radius 1 is 1.25 bits per heavy atom. The average molecular weight is 294 g/mol. The molecule has 0 amide bonds. The first-order valence-electron chi connectivity index (χ1n) is 6.21. The molecule has 2 rings (SSSR count). The van der Waals surface area contributed by atoms with Crippen molar-refractivity contribution in [3.05, 3.63) is 40.7 Å². The molecule has 1 aromatic carbocycles. The van der Waals surface area contributed by atoms with E-state index in [1.807, 2.05) is 6.07 Å². The number of fused-ring (bicyclic) bond motifs is 1. The summed E-state index contributed by atoms with van der Waals surface area (Å²) in [6.45, 7) is 3.20. The lowest BCUT2D eigenvalue weighted by atomic mass is 10.1. The zero-order valence-electron chi connectivity index (χ0n) is 11.8. The molecule has 0 aliphatic heterocycles. The van der Waals surface area contributed by atoms with Gasteiger partial charge in [0.25, 0.3) is 5.56 Å². The number of nitrogen functional groups attached to an aromatic ring is 1. The molecule has 0 radical (unpaired) electrons. The Hall–Kier alpha value is -1.82. The van der Waals surface area contributed by atoms with Crippen LogP contribution in [0.25, 0.3) is 10.8 Å². The Morgan fingerprint density at radius 2 is 1.85 bits per heavy atom. The van der Waals surface area contributed by atoms with Crippen molar-refractivity contribution in [1.82, 2.24) is 4.57 Å². The molecule has 0 saturated heterocycles. The van der Waals surface area contributed by atoms with Gasteiger partial charge in [0, 0.05) is 18.2 Å². The molecule has 1 aromatic heterocycles. The molecule has 0 aliphatic rings. The third-order valence-electron chi connectivity index (χ3n) is 3.59. The van der Waals surface area contributed by atoms with Gasteiger partial charge in [-0.05, 0) is 31.4 Å². The second-order valence-electron chi connectivity index (χ2n) is 5.58. The molecule has 0 spiro atoms. The van der Waals surface area contributed by atoms with Crippen LogP contribution in [0.15, 0.2) is 35.1 Å². The van der Waals surface area contributed by atoms with Crippen molar-refractivity contribution in [3.8, 4) is 0 Å². The van der Waals surface area contributed by atoms with Crippen LogP contribution in [-0.4, -0.2) is 24.0 Å². The highest BCUT2D eigenvalue weighted by atomic mass is 32.2. The topological polar surface area (TPSA) is 82.2 Å². The van der Waals surface area contributed by atoms with E-state index >= 15 is 0 Å². The van der Waals surface area contributed by atoms with Gasteiger partial charge in [0.1, 0.15) is 5.82 Å². The average Bonchev–Trinajstić information content (AvgIpc) is 2.33. The maximum absolute atomic E-state index is 12.4. The number of aromatic nitrogens is 1. The zero-order chi connectivity index (χ0) is 15.1. The number of pyridine rings is 1. The van der Waals surface area contributed by atoms with Crippen molar-refractivity contribution in [2.24, 2.45) is 0 Å². The van der Waals surface area contributed by atoms with Crippen molar-refractivity contribution in [3.63, 3.8) is 0 Å². The fourth-order valence-corrected chi connectivity index (χ4v) is 2.34. The standard InChI is InChI=1S/C14H18N2O3S/c1-14(2,20(3,18)19)9-16-12(15)8-10-6-4-5-7-11(10)13(16)17/h4-8H,9,15H2,1-3H3. The molecule has 1 heterocycles. The van der Waals surface area contributed by atoms with Gasteiger partial charge in [0.15, 0.2) is 9.84 Å². The van der Waals surface area contributed by atoms with Crippen LogP contribution in [0.2, 0.25) is 0 Å². The molecule has 0 fully saturated rings. The third-order valence-corrected chi connectivity index (χ3v) is 5.73. The van der Waals surface area contributed by atoms with Gasteiger partial charge in [-0.2, -0.15) is 0 Å². The van der Waals surface area contributed by atoms with Gasteiger partial charge in [0.05, 0.1) is 4.75 Å². The zero-order valence-corrected chi connectivity index (χ0v) is 12.6. The summed E-state index contributed by atoms with van der Waals surface area (Å²) < 4.78 is 23.8. The largest absolute Gasteiger partial charge is 0.385 e. The van der Waals surface area contributed by atoms with Gasteiger partial charge in [-0.25, -0.2) is 8.42 Å². The van der Waals surface area contributed by atoms with Crippen LogP contribution in [0.3, 0.4) is 0 Å². The van der Waals surface area contributed by atoms with Crippen LogP contribution >= 0.6 is 0 Å². The Bertz CT molecular complexity index is 820. The smallest absolute Gasteiger partial charge is 0.260 e. The number of rotatable bonds is 3. The van der Waals surface area contributed by atoms with Crippen LogP contribution in [0.4, 0.5) is 5.82 Å². The van der Waals surface area contributed by atoms with Crippen molar-refractivity contribution in [1.29, 1.82) is 0 Å². The molecule has 0 aliphatic carbocycles. The summed E-state index contributed by atoms with van der Waals surface area (Å²) in [5.74, 6) is 0.269. The van der Waals surface area contributed by atoms with E-state index in [1.54, 1.807) is 38.1 Å². The minimum absolute atomic E-state index is 0.0291. The van der Waals surface area contributed by atoms with Crippen LogP contribution in [0.5, 0.6) is 0 Å².